The van der Waals surface area contributed by atoms with Crippen LogP contribution in [0.25, 0.3) is 10.8 Å². The fourth-order valence-corrected chi connectivity index (χ4v) is 5.32. The monoisotopic (exact) mass is 381 g/mol. The standard InChI is InChI=1S/C24H31NO3/c1-2-9-21-19(6-1)7-5-8-20(21)12-15-26-23-11-4-3-10-22(23)25-14-13-24(18-25)27-16-17-28-24/h1-2,5-9,22-23H,3-4,10-18H2/t22-,23-/m0/s1. The first-order chi connectivity index (χ1) is 13.8. The molecule has 2 aromatic carbocycles. The van der Waals surface area contributed by atoms with Crippen LogP contribution in [0.2, 0.25) is 0 Å². The van der Waals surface area contributed by atoms with Crippen molar-refractivity contribution in [2.24, 2.45) is 0 Å². The molecule has 4 heteroatoms. The van der Waals surface area contributed by atoms with Crippen molar-refractivity contribution < 1.29 is 14.2 Å². The third-order valence-corrected chi connectivity index (χ3v) is 6.76. The van der Waals surface area contributed by atoms with E-state index in [-0.39, 0.29) is 5.79 Å². The van der Waals surface area contributed by atoms with Crippen LogP contribution in [0.15, 0.2) is 42.5 Å². The summed E-state index contributed by atoms with van der Waals surface area (Å²) in [5.74, 6) is -0.328. The van der Waals surface area contributed by atoms with E-state index in [0.29, 0.717) is 12.1 Å². The summed E-state index contributed by atoms with van der Waals surface area (Å²) in [6, 6.07) is 15.7. The van der Waals surface area contributed by atoms with Gasteiger partial charge in [-0.3, -0.25) is 4.90 Å². The van der Waals surface area contributed by atoms with Crippen molar-refractivity contribution in [3.8, 4) is 0 Å². The molecule has 2 aliphatic heterocycles. The van der Waals surface area contributed by atoms with Gasteiger partial charge in [-0.05, 0) is 35.6 Å². The molecule has 0 aromatic heterocycles. The van der Waals surface area contributed by atoms with E-state index in [1.807, 2.05) is 0 Å². The molecule has 0 radical (unpaired) electrons. The summed E-state index contributed by atoms with van der Waals surface area (Å²) < 4.78 is 18.4. The highest BCUT2D eigenvalue weighted by molar-refractivity contribution is 5.85. The van der Waals surface area contributed by atoms with Gasteiger partial charge in [-0.25, -0.2) is 0 Å². The molecule has 2 heterocycles. The van der Waals surface area contributed by atoms with E-state index >= 15 is 0 Å². The summed E-state index contributed by atoms with van der Waals surface area (Å²) in [6.45, 7) is 4.24. The first-order valence-electron chi connectivity index (χ1n) is 10.9. The Labute approximate surface area is 167 Å². The molecule has 150 valence electrons. The molecule has 2 atom stereocenters. The summed E-state index contributed by atoms with van der Waals surface area (Å²) in [5, 5.41) is 2.67. The number of ether oxygens (including phenoxy) is 3. The van der Waals surface area contributed by atoms with Crippen LogP contribution in [0.5, 0.6) is 0 Å². The van der Waals surface area contributed by atoms with Crippen LogP contribution in [-0.2, 0) is 20.6 Å². The summed E-state index contributed by atoms with van der Waals surface area (Å²) >= 11 is 0. The average Bonchev–Trinajstić information content (AvgIpc) is 3.38. The molecule has 0 unspecified atom stereocenters. The molecule has 0 N–H and O–H groups in total. The minimum atomic E-state index is -0.328. The van der Waals surface area contributed by atoms with Crippen LogP contribution in [-0.4, -0.2) is 55.7 Å². The Hall–Kier alpha value is -1.46. The molecule has 28 heavy (non-hydrogen) atoms. The van der Waals surface area contributed by atoms with Gasteiger partial charge in [0.05, 0.1) is 32.5 Å². The van der Waals surface area contributed by atoms with Crippen LogP contribution < -0.4 is 0 Å². The first kappa shape index (κ1) is 18.6. The van der Waals surface area contributed by atoms with Crippen LogP contribution >= 0.6 is 0 Å². The lowest BCUT2D eigenvalue weighted by atomic mass is 9.91. The van der Waals surface area contributed by atoms with Crippen molar-refractivity contribution in [3.05, 3.63) is 48.0 Å². The second-order valence-corrected chi connectivity index (χ2v) is 8.48. The van der Waals surface area contributed by atoms with E-state index < -0.39 is 0 Å². The van der Waals surface area contributed by atoms with Gasteiger partial charge in [0.25, 0.3) is 0 Å². The average molecular weight is 382 g/mol. The van der Waals surface area contributed by atoms with Gasteiger partial charge in [0, 0.05) is 19.0 Å². The number of hydrogen-bond acceptors (Lipinski definition) is 4. The van der Waals surface area contributed by atoms with Crippen molar-refractivity contribution >= 4 is 10.8 Å². The van der Waals surface area contributed by atoms with Crippen molar-refractivity contribution in [1.29, 1.82) is 0 Å². The number of likely N-dealkylation sites (tertiary alicyclic amines) is 1. The van der Waals surface area contributed by atoms with Gasteiger partial charge in [0.15, 0.2) is 5.79 Å². The maximum absolute atomic E-state index is 6.49. The maximum atomic E-state index is 6.49. The van der Waals surface area contributed by atoms with Crippen LogP contribution in [0.3, 0.4) is 0 Å². The lowest BCUT2D eigenvalue weighted by Gasteiger charge is -2.38. The van der Waals surface area contributed by atoms with Crippen LogP contribution in [0.1, 0.15) is 37.7 Å². The molecule has 0 bridgehead atoms. The molecule has 1 saturated carbocycles. The lowest BCUT2D eigenvalue weighted by Crippen LogP contribution is -2.47. The summed E-state index contributed by atoms with van der Waals surface area (Å²) in [7, 11) is 0. The van der Waals surface area contributed by atoms with Crippen LogP contribution in [0, 0.1) is 0 Å². The van der Waals surface area contributed by atoms with E-state index in [0.717, 1.165) is 45.8 Å². The van der Waals surface area contributed by atoms with E-state index in [4.69, 9.17) is 14.2 Å². The zero-order chi connectivity index (χ0) is 18.8. The Balaban J connectivity index is 1.21. The zero-order valence-electron chi connectivity index (χ0n) is 16.6. The molecule has 1 spiro atoms. The minimum Gasteiger partial charge on any atom is -0.376 e. The third kappa shape index (κ3) is 3.71. The Morgan fingerprint density at radius 3 is 2.75 bits per heavy atom. The van der Waals surface area contributed by atoms with Gasteiger partial charge in [-0.1, -0.05) is 55.3 Å². The Kier molecular flexibility index (Phi) is 5.38. The number of benzene rings is 2. The molecule has 5 rings (SSSR count). The fraction of sp³-hybridized carbons (Fsp3) is 0.583. The highest BCUT2D eigenvalue weighted by atomic mass is 16.7. The highest BCUT2D eigenvalue weighted by Crippen LogP contribution is 2.35. The van der Waals surface area contributed by atoms with Crippen molar-refractivity contribution in [2.75, 3.05) is 32.9 Å². The molecule has 2 aromatic rings. The summed E-state index contributed by atoms with van der Waals surface area (Å²) in [4.78, 5) is 2.58. The van der Waals surface area contributed by atoms with Crippen LogP contribution in [0.4, 0.5) is 0 Å². The van der Waals surface area contributed by atoms with Crippen molar-refractivity contribution in [1.82, 2.24) is 4.90 Å². The SMILES string of the molecule is c1ccc2c(CCO[C@H]3CCCC[C@@H]3N3CCC4(C3)OCCO4)cccc2c1. The molecule has 1 aliphatic carbocycles. The van der Waals surface area contributed by atoms with E-state index in [1.54, 1.807) is 0 Å². The fourth-order valence-electron chi connectivity index (χ4n) is 5.32. The normalized spacial score (nSPS) is 27.7. The van der Waals surface area contributed by atoms with Gasteiger partial charge in [-0.15, -0.1) is 0 Å². The maximum Gasteiger partial charge on any atom is 0.182 e. The smallest absolute Gasteiger partial charge is 0.182 e. The minimum absolute atomic E-state index is 0.328. The largest absolute Gasteiger partial charge is 0.376 e. The third-order valence-electron chi connectivity index (χ3n) is 6.76. The topological polar surface area (TPSA) is 30.9 Å². The molecule has 0 amide bonds. The van der Waals surface area contributed by atoms with E-state index in [9.17, 15) is 0 Å². The number of hydrogen-bond donors (Lipinski definition) is 0. The predicted octanol–water partition coefficient (Wildman–Crippen LogP) is 4.16. The molecule has 3 aliphatic rings. The number of rotatable bonds is 5. The molecular weight excluding hydrogens is 350 g/mol. The molecule has 4 nitrogen and oxygen atoms in total. The van der Waals surface area contributed by atoms with E-state index in [1.165, 1.54) is 42.0 Å². The number of fused-ring (bicyclic) bond motifs is 1. The quantitative estimate of drug-likeness (QED) is 0.778. The van der Waals surface area contributed by atoms with Gasteiger partial charge in [-0.2, -0.15) is 0 Å². The zero-order valence-corrected chi connectivity index (χ0v) is 16.6. The molecular formula is C24H31NO3. The van der Waals surface area contributed by atoms with Gasteiger partial charge in [0.1, 0.15) is 0 Å². The predicted molar refractivity (Wildman–Crippen MR) is 110 cm³/mol. The Bertz CT molecular complexity index is 796. The second-order valence-electron chi connectivity index (χ2n) is 8.48. The van der Waals surface area contributed by atoms with Gasteiger partial charge in [0.2, 0.25) is 0 Å². The Morgan fingerprint density at radius 2 is 1.82 bits per heavy atom. The van der Waals surface area contributed by atoms with Gasteiger partial charge < -0.3 is 14.2 Å². The summed E-state index contributed by atoms with van der Waals surface area (Å²) in [5.41, 5.74) is 1.39. The Morgan fingerprint density at radius 1 is 1.00 bits per heavy atom. The second kappa shape index (κ2) is 8.11. The highest BCUT2D eigenvalue weighted by Gasteiger charge is 2.46. The van der Waals surface area contributed by atoms with Gasteiger partial charge >= 0.3 is 0 Å². The molecule has 2 saturated heterocycles. The lowest BCUT2D eigenvalue weighted by molar-refractivity contribution is -0.149. The summed E-state index contributed by atoms with van der Waals surface area (Å²) in [6.07, 6.45) is 7.29. The van der Waals surface area contributed by atoms with Crippen molar-refractivity contribution in [3.63, 3.8) is 0 Å². The van der Waals surface area contributed by atoms with Crippen molar-refractivity contribution in [2.45, 2.75) is 56.5 Å². The molecule has 3 fully saturated rings. The van der Waals surface area contributed by atoms with E-state index in [2.05, 4.69) is 47.4 Å². The number of nitrogens with zero attached hydrogens (tertiary/aromatic N) is 1. The first-order valence-corrected chi connectivity index (χ1v) is 10.9.